The summed E-state index contributed by atoms with van der Waals surface area (Å²) >= 11 is 13.6. The van der Waals surface area contributed by atoms with E-state index in [2.05, 4.69) is 6.08 Å². The van der Waals surface area contributed by atoms with E-state index in [-0.39, 0.29) is 0 Å². The van der Waals surface area contributed by atoms with Crippen molar-refractivity contribution >= 4 is 46.6 Å². The van der Waals surface area contributed by atoms with Crippen LogP contribution in [0.4, 0.5) is 0 Å². The fourth-order valence-electron chi connectivity index (χ4n) is 3.18. The van der Waals surface area contributed by atoms with Crippen LogP contribution in [0, 0.1) is 0 Å². The lowest BCUT2D eigenvalue weighted by atomic mass is 10.0. The second-order valence-electron chi connectivity index (χ2n) is 6.11. The minimum Gasteiger partial charge on any atom is -0.223 e. The summed E-state index contributed by atoms with van der Waals surface area (Å²) in [6, 6.07) is 15.7. The standard InChI is InChI=1S/C21H16Cl2N2S/c1-26-21-24-19(14-4-9-17(23)10-5-14)18-11-6-15(20(18)25-21)12-13-2-7-16(22)8-3-13/h2-5,7-10,12H,6,11H2,1H3/b15-12+. The molecular formula is C21H16Cl2N2S. The van der Waals surface area contributed by atoms with Crippen molar-refractivity contribution in [3.05, 3.63) is 75.4 Å². The van der Waals surface area contributed by atoms with Gasteiger partial charge in [0.15, 0.2) is 5.16 Å². The van der Waals surface area contributed by atoms with Gasteiger partial charge in [-0.2, -0.15) is 0 Å². The van der Waals surface area contributed by atoms with Gasteiger partial charge in [-0.15, -0.1) is 0 Å². The lowest BCUT2D eigenvalue weighted by Crippen LogP contribution is -1.99. The number of benzene rings is 2. The first-order valence-electron chi connectivity index (χ1n) is 8.31. The molecule has 130 valence electrons. The largest absolute Gasteiger partial charge is 0.223 e. The molecule has 1 aliphatic carbocycles. The van der Waals surface area contributed by atoms with Gasteiger partial charge in [-0.1, -0.05) is 59.2 Å². The fourth-order valence-corrected chi connectivity index (χ4v) is 3.80. The van der Waals surface area contributed by atoms with E-state index in [9.17, 15) is 0 Å². The summed E-state index contributed by atoms with van der Waals surface area (Å²) in [5, 5.41) is 2.27. The van der Waals surface area contributed by atoms with Crippen LogP contribution in [0.25, 0.3) is 22.9 Å². The van der Waals surface area contributed by atoms with Gasteiger partial charge in [0.25, 0.3) is 0 Å². The van der Waals surface area contributed by atoms with Gasteiger partial charge in [0.05, 0.1) is 11.4 Å². The predicted molar refractivity (Wildman–Crippen MR) is 112 cm³/mol. The molecule has 1 aliphatic rings. The minimum atomic E-state index is 0.730. The van der Waals surface area contributed by atoms with Crippen LogP contribution in [0.15, 0.2) is 53.7 Å². The van der Waals surface area contributed by atoms with E-state index in [1.165, 1.54) is 11.1 Å². The SMILES string of the molecule is CSc1nc2c(c(-c3ccc(Cl)cc3)n1)CC/C2=C\c1ccc(Cl)cc1. The van der Waals surface area contributed by atoms with Crippen molar-refractivity contribution in [1.29, 1.82) is 0 Å². The monoisotopic (exact) mass is 398 g/mol. The molecule has 0 fully saturated rings. The van der Waals surface area contributed by atoms with Gasteiger partial charge in [0, 0.05) is 21.2 Å². The molecule has 0 bridgehead atoms. The van der Waals surface area contributed by atoms with Crippen molar-refractivity contribution in [2.45, 2.75) is 18.0 Å². The van der Waals surface area contributed by atoms with Crippen LogP contribution < -0.4 is 0 Å². The van der Waals surface area contributed by atoms with E-state index in [1.807, 2.05) is 54.8 Å². The molecule has 0 saturated carbocycles. The molecule has 1 aromatic heterocycles. The first kappa shape index (κ1) is 17.6. The Bertz CT molecular complexity index is 980. The summed E-state index contributed by atoms with van der Waals surface area (Å²) in [7, 11) is 0. The molecule has 0 atom stereocenters. The normalized spacial score (nSPS) is 14.7. The fraction of sp³-hybridized carbons (Fsp3) is 0.143. The second-order valence-corrected chi connectivity index (χ2v) is 7.76. The molecule has 1 heterocycles. The van der Waals surface area contributed by atoms with Gasteiger partial charge >= 0.3 is 0 Å². The molecule has 0 unspecified atom stereocenters. The highest BCUT2D eigenvalue weighted by molar-refractivity contribution is 7.98. The maximum atomic E-state index is 6.04. The van der Waals surface area contributed by atoms with E-state index in [1.54, 1.807) is 11.8 Å². The Hall–Kier alpha value is -1.81. The highest BCUT2D eigenvalue weighted by Gasteiger charge is 2.24. The van der Waals surface area contributed by atoms with Crippen molar-refractivity contribution in [3.8, 4) is 11.3 Å². The minimum absolute atomic E-state index is 0.730. The summed E-state index contributed by atoms with van der Waals surface area (Å²) in [4.78, 5) is 9.58. The number of hydrogen-bond acceptors (Lipinski definition) is 3. The summed E-state index contributed by atoms with van der Waals surface area (Å²) in [5.74, 6) is 0. The van der Waals surface area contributed by atoms with Crippen LogP contribution in [0.3, 0.4) is 0 Å². The molecule has 2 aromatic carbocycles. The highest BCUT2D eigenvalue weighted by Crippen LogP contribution is 2.38. The maximum absolute atomic E-state index is 6.04. The predicted octanol–water partition coefficient (Wildman–Crippen LogP) is 6.66. The van der Waals surface area contributed by atoms with Crippen LogP contribution >= 0.6 is 35.0 Å². The number of hydrogen-bond donors (Lipinski definition) is 0. The summed E-state index contributed by atoms with van der Waals surface area (Å²) in [6.07, 6.45) is 6.11. The smallest absolute Gasteiger partial charge is 0.188 e. The highest BCUT2D eigenvalue weighted by atomic mass is 35.5. The number of rotatable bonds is 3. The van der Waals surface area contributed by atoms with Gasteiger partial charge in [-0.05, 0) is 60.6 Å². The van der Waals surface area contributed by atoms with E-state index in [4.69, 9.17) is 33.2 Å². The molecule has 3 aromatic rings. The first-order valence-corrected chi connectivity index (χ1v) is 10.3. The Labute approximate surface area is 167 Å². The Morgan fingerprint density at radius 1 is 0.846 bits per heavy atom. The Kier molecular flexibility index (Phi) is 5.03. The molecule has 5 heteroatoms. The van der Waals surface area contributed by atoms with Crippen molar-refractivity contribution < 1.29 is 0 Å². The van der Waals surface area contributed by atoms with Crippen LogP contribution in [0.5, 0.6) is 0 Å². The number of allylic oxidation sites excluding steroid dienone is 1. The van der Waals surface area contributed by atoms with E-state index >= 15 is 0 Å². The van der Waals surface area contributed by atoms with E-state index in [0.29, 0.717) is 0 Å². The van der Waals surface area contributed by atoms with Crippen LogP contribution in [-0.2, 0) is 6.42 Å². The van der Waals surface area contributed by atoms with Crippen molar-refractivity contribution in [2.24, 2.45) is 0 Å². The van der Waals surface area contributed by atoms with Gasteiger partial charge < -0.3 is 0 Å². The molecule has 2 nitrogen and oxygen atoms in total. The summed E-state index contributed by atoms with van der Waals surface area (Å²) in [5.41, 5.74) is 6.74. The summed E-state index contributed by atoms with van der Waals surface area (Å²) in [6.45, 7) is 0. The maximum Gasteiger partial charge on any atom is 0.188 e. The summed E-state index contributed by atoms with van der Waals surface area (Å²) < 4.78 is 0. The zero-order chi connectivity index (χ0) is 18.1. The molecule has 0 radical (unpaired) electrons. The van der Waals surface area contributed by atoms with Crippen LogP contribution in [0.1, 0.15) is 23.2 Å². The van der Waals surface area contributed by atoms with Crippen molar-refractivity contribution in [2.75, 3.05) is 6.26 Å². The lowest BCUT2D eigenvalue weighted by molar-refractivity contribution is 0.942. The molecule has 0 aliphatic heterocycles. The van der Waals surface area contributed by atoms with Crippen LogP contribution in [0.2, 0.25) is 10.0 Å². The van der Waals surface area contributed by atoms with E-state index in [0.717, 1.165) is 50.6 Å². The molecule has 0 spiro atoms. The topological polar surface area (TPSA) is 25.8 Å². The quantitative estimate of drug-likeness (QED) is 0.364. The zero-order valence-corrected chi connectivity index (χ0v) is 16.5. The molecule has 4 rings (SSSR count). The van der Waals surface area contributed by atoms with Gasteiger partial charge in [-0.3, -0.25) is 0 Å². The Morgan fingerprint density at radius 3 is 2.12 bits per heavy atom. The lowest BCUT2D eigenvalue weighted by Gasteiger charge is -2.10. The van der Waals surface area contributed by atoms with Gasteiger partial charge in [0.1, 0.15) is 0 Å². The Morgan fingerprint density at radius 2 is 1.46 bits per heavy atom. The molecular weight excluding hydrogens is 383 g/mol. The molecule has 0 amide bonds. The number of fused-ring (bicyclic) bond motifs is 1. The zero-order valence-electron chi connectivity index (χ0n) is 14.2. The second kappa shape index (κ2) is 7.43. The van der Waals surface area contributed by atoms with E-state index < -0.39 is 0 Å². The number of aromatic nitrogens is 2. The molecule has 0 N–H and O–H groups in total. The third-order valence-electron chi connectivity index (χ3n) is 4.45. The average molecular weight is 399 g/mol. The molecule has 0 saturated heterocycles. The third-order valence-corrected chi connectivity index (χ3v) is 5.50. The number of halogens is 2. The number of thioether (sulfide) groups is 1. The van der Waals surface area contributed by atoms with Gasteiger partial charge in [0.2, 0.25) is 0 Å². The molecule has 26 heavy (non-hydrogen) atoms. The van der Waals surface area contributed by atoms with Crippen molar-refractivity contribution in [3.63, 3.8) is 0 Å². The van der Waals surface area contributed by atoms with Crippen molar-refractivity contribution in [1.82, 2.24) is 9.97 Å². The van der Waals surface area contributed by atoms with Crippen LogP contribution in [-0.4, -0.2) is 16.2 Å². The van der Waals surface area contributed by atoms with Gasteiger partial charge in [-0.25, -0.2) is 9.97 Å². The Balaban J connectivity index is 1.82. The number of nitrogens with zero attached hydrogens (tertiary/aromatic N) is 2. The first-order chi connectivity index (χ1) is 12.6. The average Bonchev–Trinajstić information content (AvgIpc) is 3.06. The third kappa shape index (κ3) is 3.52.